The fourth-order valence-electron chi connectivity index (χ4n) is 2.05. The fraction of sp³-hybridized carbons (Fsp3) is 0.400. The minimum atomic E-state index is 0.0543. The summed E-state index contributed by atoms with van der Waals surface area (Å²) in [6.07, 6.45) is 3.63. The lowest BCUT2D eigenvalue weighted by molar-refractivity contribution is -0.119. The van der Waals surface area contributed by atoms with Gasteiger partial charge in [0.25, 0.3) is 0 Å². The molecule has 2 rings (SSSR count). The highest BCUT2D eigenvalue weighted by molar-refractivity contribution is 8.00. The third-order valence-corrected chi connectivity index (χ3v) is 3.98. The zero-order valence-corrected chi connectivity index (χ0v) is 12.6. The summed E-state index contributed by atoms with van der Waals surface area (Å²) in [4.78, 5) is 20.3. The number of carbonyl (C=O) groups is 1. The molecule has 0 bridgehead atoms. The SMILES string of the molecule is CCC[C@H](C)NC(=O)CSc1ncnc2ccccc12. The Morgan fingerprint density at radius 3 is 2.95 bits per heavy atom. The van der Waals surface area contributed by atoms with Gasteiger partial charge in [-0.3, -0.25) is 4.79 Å². The molecule has 0 aliphatic carbocycles. The average molecular weight is 289 g/mol. The number of amides is 1. The van der Waals surface area contributed by atoms with Crippen molar-refractivity contribution in [1.29, 1.82) is 0 Å². The normalized spacial score (nSPS) is 12.3. The number of nitrogens with zero attached hydrogens (tertiary/aromatic N) is 2. The van der Waals surface area contributed by atoms with E-state index in [0.717, 1.165) is 28.8 Å². The highest BCUT2D eigenvalue weighted by atomic mass is 32.2. The first kappa shape index (κ1) is 14.8. The van der Waals surface area contributed by atoms with Crippen LogP contribution in [0.15, 0.2) is 35.6 Å². The standard InChI is InChI=1S/C15H19N3OS/c1-3-6-11(2)18-14(19)9-20-15-12-7-4-5-8-13(12)16-10-17-15/h4-5,7-8,10-11H,3,6,9H2,1-2H3,(H,18,19)/t11-/m0/s1. The van der Waals surface area contributed by atoms with Crippen LogP contribution in [0.3, 0.4) is 0 Å². The summed E-state index contributed by atoms with van der Waals surface area (Å²) in [6.45, 7) is 4.15. The van der Waals surface area contributed by atoms with Gasteiger partial charge in [-0.1, -0.05) is 43.3 Å². The largest absolute Gasteiger partial charge is 0.353 e. The van der Waals surface area contributed by atoms with Crippen molar-refractivity contribution < 1.29 is 4.79 Å². The Morgan fingerprint density at radius 2 is 2.15 bits per heavy atom. The first-order valence-corrected chi connectivity index (χ1v) is 7.81. The van der Waals surface area contributed by atoms with Crippen molar-refractivity contribution >= 4 is 28.6 Å². The van der Waals surface area contributed by atoms with Crippen LogP contribution in [0.5, 0.6) is 0 Å². The molecule has 4 nitrogen and oxygen atoms in total. The average Bonchev–Trinajstić information content (AvgIpc) is 2.45. The number of nitrogens with one attached hydrogen (secondary N) is 1. The van der Waals surface area contributed by atoms with E-state index in [2.05, 4.69) is 22.2 Å². The van der Waals surface area contributed by atoms with Crippen LogP contribution in [0.1, 0.15) is 26.7 Å². The Bertz CT molecular complexity index is 583. The monoisotopic (exact) mass is 289 g/mol. The zero-order valence-electron chi connectivity index (χ0n) is 11.8. The molecule has 0 unspecified atom stereocenters. The molecule has 0 saturated heterocycles. The van der Waals surface area contributed by atoms with Crippen LogP contribution in [0.4, 0.5) is 0 Å². The number of rotatable bonds is 6. The van der Waals surface area contributed by atoms with Crippen LogP contribution >= 0.6 is 11.8 Å². The molecule has 106 valence electrons. The quantitative estimate of drug-likeness (QED) is 0.656. The third-order valence-electron chi connectivity index (χ3n) is 2.98. The van der Waals surface area contributed by atoms with E-state index >= 15 is 0 Å². The van der Waals surface area contributed by atoms with Crippen molar-refractivity contribution in [3.63, 3.8) is 0 Å². The number of aromatic nitrogens is 2. The molecule has 0 radical (unpaired) electrons. The minimum absolute atomic E-state index is 0.0543. The summed E-state index contributed by atoms with van der Waals surface area (Å²) in [5.74, 6) is 0.438. The summed E-state index contributed by atoms with van der Waals surface area (Å²) in [5, 5.41) is 4.85. The minimum Gasteiger partial charge on any atom is -0.353 e. The molecular formula is C15H19N3OS. The Labute approximate surface area is 123 Å². The molecule has 0 aliphatic heterocycles. The van der Waals surface area contributed by atoms with Crippen molar-refractivity contribution in [3.8, 4) is 0 Å². The number of para-hydroxylation sites is 1. The van der Waals surface area contributed by atoms with Crippen LogP contribution in [0.2, 0.25) is 0 Å². The molecule has 1 aromatic carbocycles. The second kappa shape index (κ2) is 7.24. The Hall–Kier alpha value is -1.62. The van der Waals surface area contributed by atoms with E-state index in [9.17, 15) is 4.79 Å². The molecular weight excluding hydrogens is 270 g/mol. The maximum absolute atomic E-state index is 11.9. The van der Waals surface area contributed by atoms with Crippen molar-refractivity contribution in [2.45, 2.75) is 37.8 Å². The number of hydrogen-bond donors (Lipinski definition) is 1. The maximum atomic E-state index is 11.9. The van der Waals surface area contributed by atoms with Crippen molar-refractivity contribution in [2.75, 3.05) is 5.75 Å². The van der Waals surface area contributed by atoms with Gasteiger partial charge in [-0.25, -0.2) is 9.97 Å². The molecule has 1 amide bonds. The van der Waals surface area contributed by atoms with Gasteiger partial charge < -0.3 is 5.32 Å². The van der Waals surface area contributed by atoms with Crippen molar-refractivity contribution in [1.82, 2.24) is 15.3 Å². The van der Waals surface area contributed by atoms with Gasteiger partial charge >= 0.3 is 0 Å². The molecule has 1 N–H and O–H groups in total. The molecule has 1 heterocycles. The van der Waals surface area contributed by atoms with Crippen molar-refractivity contribution in [2.24, 2.45) is 0 Å². The first-order chi connectivity index (χ1) is 9.70. The second-order valence-corrected chi connectivity index (χ2v) is 5.71. The lowest BCUT2D eigenvalue weighted by Crippen LogP contribution is -2.33. The van der Waals surface area contributed by atoms with Gasteiger partial charge in [0.1, 0.15) is 11.4 Å². The predicted octanol–water partition coefficient (Wildman–Crippen LogP) is 3.03. The van der Waals surface area contributed by atoms with E-state index in [0.29, 0.717) is 5.75 Å². The van der Waals surface area contributed by atoms with Crippen LogP contribution in [0.25, 0.3) is 10.9 Å². The number of carbonyl (C=O) groups excluding carboxylic acids is 1. The zero-order chi connectivity index (χ0) is 14.4. The van der Waals surface area contributed by atoms with Gasteiger partial charge in [0, 0.05) is 11.4 Å². The van der Waals surface area contributed by atoms with Gasteiger partial charge in [0.2, 0.25) is 5.91 Å². The molecule has 0 fully saturated rings. The molecule has 0 spiro atoms. The molecule has 1 atom stereocenters. The summed E-state index contributed by atoms with van der Waals surface area (Å²) in [6, 6.07) is 8.07. The van der Waals surface area contributed by atoms with E-state index in [-0.39, 0.29) is 11.9 Å². The van der Waals surface area contributed by atoms with Crippen LogP contribution in [0, 0.1) is 0 Å². The van der Waals surface area contributed by atoms with E-state index in [4.69, 9.17) is 0 Å². The molecule has 0 aliphatic rings. The predicted molar refractivity (Wildman–Crippen MR) is 82.8 cm³/mol. The molecule has 20 heavy (non-hydrogen) atoms. The van der Waals surface area contributed by atoms with E-state index in [1.807, 2.05) is 31.2 Å². The fourth-order valence-corrected chi connectivity index (χ4v) is 2.85. The van der Waals surface area contributed by atoms with Crippen LogP contribution < -0.4 is 5.32 Å². The van der Waals surface area contributed by atoms with Gasteiger partial charge in [-0.15, -0.1) is 0 Å². The third kappa shape index (κ3) is 3.93. The lowest BCUT2D eigenvalue weighted by Gasteiger charge is -2.12. The van der Waals surface area contributed by atoms with Gasteiger partial charge in [0.05, 0.1) is 11.3 Å². The van der Waals surface area contributed by atoms with Crippen LogP contribution in [-0.4, -0.2) is 27.7 Å². The van der Waals surface area contributed by atoms with Crippen molar-refractivity contribution in [3.05, 3.63) is 30.6 Å². The lowest BCUT2D eigenvalue weighted by atomic mass is 10.2. The highest BCUT2D eigenvalue weighted by Crippen LogP contribution is 2.23. The molecule has 5 heteroatoms. The second-order valence-electron chi connectivity index (χ2n) is 4.74. The summed E-state index contributed by atoms with van der Waals surface area (Å²) in [5.41, 5.74) is 0.907. The van der Waals surface area contributed by atoms with E-state index in [1.165, 1.54) is 11.8 Å². The summed E-state index contributed by atoms with van der Waals surface area (Å²) in [7, 11) is 0. The highest BCUT2D eigenvalue weighted by Gasteiger charge is 2.09. The summed E-state index contributed by atoms with van der Waals surface area (Å²) < 4.78 is 0. The van der Waals surface area contributed by atoms with Gasteiger partial charge in [-0.05, 0) is 19.4 Å². The Morgan fingerprint density at radius 1 is 1.35 bits per heavy atom. The van der Waals surface area contributed by atoms with Gasteiger partial charge in [0.15, 0.2) is 0 Å². The molecule has 1 aromatic heterocycles. The molecule has 2 aromatic rings. The Balaban J connectivity index is 1.97. The summed E-state index contributed by atoms with van der Waals surface area (Å²) >= 11 is 1.45. The van der Waals surface area contributed by atoms with E-state index < -0.39 is 0 Å². The number of hydrogen-bond acceptors (Lipinski definition) is 4. The Kier molecular flexibility index (Phi) is 5.35. The number of fused-ring (bicyclic) bond motifs is 1. The van der Waals surface area contributed by atoms with Crippen LogP contribution in [-0.2, 0) is 4.79 Å². The topological polar surface area (TPSA) is 54.9 Å². The first-order valence-electron chi connectivity index (χ1n) is 6.82. The van der Waals surface area contributed by atoms with E-state index in [1.54, 1.807) is 6.33 Å². The number of thioether (sulfide) groups is 1. The van der Waals surface area contributed by atoms with Gasteiger partial charge in [-0.2, -0.15) is 0 Å². The molecule has 0 saturated carbocycles. The smallest absolute Gasteiger partial charge is 0.230 e. The number of benzene rings is 1. The maximum Gasteiger partial charge on any atom is 0.230 e.